The minimum Gasteiger partial charge on any atom is -0.351 e. The van der Waals surface area contributed by atoms with E-state index in [2.05, 4.69) is 15.5 Å². The Morgan fingerprint density at radius 2 is 1.74 bits per heavy atom. The lowest BCUT2D eigenvalue weighted by Crippen LogP contribution is -2.48. The van der Waals surface area contributed by atoms with Gasteiger partial charge in [0.1, 0.15) is 0 Å². The van der Waals surface area contributed by atoms with Crippen LogP contribution in [0.5, 0.6) is 0 Å². The molecule has 8 heteroatoms. The van der Waals surface area contributed by atoms with Crippen molar-refractivity contribution < 1.29 is 9.59 Å². The van der Waals surface area contributed by atoms with Gasteiger partial charge in [-0.05, 0) is 63.5 Å². The van der Waals surface area contributed by atoms with Crippen LogP contribution in [0.3, 0.4) is 0 Å². The summed E-state index contributed by atoms with van der Waals surface area (Å²) < 4.78 is 0. The fourth-order valence-electron chi connectivity index (χ4n) is 3.05. The van der Waals surface area contributed by atoms with Crippen molar-refractivity contribution in [1.29, 1.82) is 0 Å². The summed E-state index contributed by atoms with van der Waals surface area (Å²) in [5.74, 6) is -0.302. The zero-order valence-electron chi connectivity index (χ0n) is 16.1. The number of carbonyl (C=O) groups excluding carboxylic acids is 2. The number of nitrogens with one attached hydrogen (secondary N) is 2. The molecule has 1 aromatic carbocycles. The van der Waals surface area contributed by atoms with Gasteiger partial charge in [-0.25, -0.2) is 0 Å². The van der Waals surface area contributed by atoms with Gasteiger partial charge >= 0.3 is 0 Å². The zero-order valence-corrected chi connectivity index (χ0v) is 17.8. The molecule has 1 aromatic rings. The molecule has 0 saturated carbocycles. The van der Waals surface area contributed by atoms with E-state index in [1.807, 2.05) is 6.92 Å². The van der Waals surface area contributed by atoms with Gasteiger partial charge in [0.2, 0.25) is 5.91 Å². The summed E-state index contributed by atoms with van der Waals surface area (Å²) in [4.78, 5) is 26.7. The Labute approximate surface area is 174 Å². The normalized spacial score (nSPS) is 15.8. The lowest BCUT2D eigenvalue weighted by atomic mass is 9.96. The molecule has 1 heterocycles. The minimum absolute atomic E-state index is 0. The molecular formula is C19H32Cl2N4O2. The van der Waals surface area contributed by atoms with Crippen LogP contribution in [0.2, 0.25) is 0 Å². The third kappa shape index (κ3) is 8.05. The van der Waals surface area contributed by atoms with E-state index < -0.39 is 5.54 Å². The van der Waals surface area contributed by atoms with E-state index in [1.54, 1.807) is 31.2 Å². The molecule has 1 unspecified atom stereocenters. The number of carbonyl (C=O) groups is 2. The maximum atomic E-state index is 12.2. The van der Waals surface area contributed by atoms with Crippen LogP contribution < -0.4 is 16.4 Å². The molecule has 1 aliphatic rings. The highest BCUT2D eigenvalue weighted by Gasteiger charge is 2.27. The molecule has 154 valence electrons. The molecule has 2 amide bonds. The molecule has 1 saturated heterocycles. The Bertz CT molecular complexity index is 588. The summed E-state index contributed by atoms with van der Waals surface area (Å²) in [5, 5.41) is 5.75. The van der Waals surface area contributed by atoms with Crippen LogP contribution in [-0.2, 0) is 4.79 Å². The lowest BCUT2D eigenvalue weighted by Gasteiger charge is -2.22. The number of rotatable bonds is 8. The number of hydrogen-bond acceptors (Lipinski definition) is 4. The van der Waals surface area contributed by atoms with Gasteiger partial charge in [-0.2, -0.15) is 0 Å². The Balaban J connectivity index is 0.00000338. The smallest absolute Gasteiger partial charge is 0.251 e. The van der Waals surface area contributed by atoms with Crippen molar-refractivity contribution in [2.45, 2.75) is 45.1 Å². The van der Waals surface area contributed by atoms with E-state index >= 15 is 0 Å². The van der Waals surface area contributed by atoms with Gasteiger partial charge in [0, 0.05) is 24.3 Å². The second-order valence-electron chi connectivity index (χ2n) is 7.00. The first-order valence-corrected chi connectivity index (χ1v) is 9.13. The summed E-state index contributed by atoms with van der Waals surface area (Å²) in [6.45, 7) is 7.53. The zero-order chi connectivity index (χ0) is 18.3. The van der Waals surface area contributed by atoms with Gasteiger partial charge in [0.25, 0.3) is 5.91 Å². The highest BCUT2D eigenvalue weighted by Crippen LogP contribution is 2.15. The minimum atomic E-state index is -0.889. The molecule has 2 rings (SSSR count). The Kier molecular flexibility index (Phi) is 11.6. The van der Waals surface area contributed by atoms with Gasteiger partial charge in [-0.15, -0.1) is 24.8 Å². The van der Waals surface area contributed by atoms with Crippen LogP contribution in [0, 0.1) is 0 Å². The van der Waals surface area contributed by atoms with Crippen LogP contribution in [0.4, 0.5) is 5.69 Å². The molecule has 27 heavy (non-hydrogen) atoms. The van der Waals surface area contributed by atoms with Crippen LogP contribution in [0.15, 0.2) is 24.3 Å². The standard InChI is InChI=1S/C19H30N4O2.2ClH/c1-3-10-19(2,20)18(25)22-16-8-6-15(7-9-16)17(24)21-11-14-23-12-4-5-13-23;;/h6-9H,3-5,10-14,20H2,1-2H3,(H,21,24)(H,22,25);2*1H. The maximum absolute atomic E-state index is 12.2. The predicted molar refractivity (Wildman–Crippen MR) is 115 cm³/mol. The average molecular weight is 419 g/mol. The van der Waals surface area contributed by atoms with Gasteiger partial charge < -0.3 is 21.3 Å². The molecule has 1 fully saturated rings. The van der Waals surface area contributed by atoms with Gasteiger partial charge in [0.15, 0.2) is 0 Å². The topological polar surface area (TPSA) is 87.5 Å². The third-order valence-electron chi connectivity index (χ3n) is 4.61. The first-order chi connectivity index (χ1) is 11.9. The van der Waals surface area contributed by atoms with Crippen molar-refractivity contribution >= 4 is 42.3 Å². The third-order valence-corrected chi connectivity index (χ3v) is 4.61. The van der Waals surface area contributed by atoms with Gasteiger partial charge in [0.05, 0.1) is 5.54 Å². The van der Waals surface area contributed by atoms with E-state index in [0.29, 0.717) is 24.2 Å². The first kappa shape index (κ1) is 25.7. The number of amides is 2. The Morgan fingerprint density at radius 3 is 2.30 bits per heavy atom. The number of likely N-dealkylation sites (tertiary alicyclic amines) is 1. The van der Waals surface area contributed by atoms with E-state index in [4.69, 9.17) is 5.73 Å². The highest BCUT2D eigenvalue weighted by molar-refractivity contribution is 5.98. The number of anilines is 1. The number of nitrogens with two attached hydrogens (primary N) is 1. The van der Waals surface area contributed by atoms with Crippen molar-refractivity contribution in [2.24, 2.45) is 5.73 Å². The largest absolute Gasteiger partial charge is 0.351 e. The van der Waals surface area contributed by atoms with Gasteiger partial charge in [-0.1, -0.05) is 13.3 Å². The molecule has 0 spiro atoms. The van der Waals surface area contributed by atoms with Crippen LogP contribution in [0.1, 0.15) is 49.9 Å². The number of halogens is 2. The van der Waals surface area contributed by atoms with E-state index in [0.717, 1.165) is 26.1 Å². The number of benzene rings is 1. The molecule has 6 nitrogen and oxygen atoms in total. The number of hydrogen-bond donors (Lipinski definition) is 3. The van der Waals surface area contributed by atoms with E-state index in [1.165, 1.54) is 12.8 Å². The molecule has 4 N–H and O–H groups in total. The molecule has 1 atom stereocenters. The molecule has 0 aromatic heterocycles. The second kappa shape index (κ2) is 12.2. The predicted octanol–water partition coefficient (Wildman–Crippen LogP) is 2.81. The summed E-state index contributed by atoms with van der Waals surface area (Å²) in [6.07, 6.45) is 3.97. The summed E-state index contributed by atoms with van der Waals surface area (Å²) >= 11 is 0. The molecule has 1 aliphatic heterocycles. The highest BCUT2D eigenvalue weighted by atomic mass is 35.5. The second-order valence-corrected chi connectivity index (χ2v) is 7.00. The van der Waals surface area contributed by atoms with Crippen molar-refractivity contribution in [2.75, 3.05) is 31.5 Å². The number of nitrogens with zero attached hydrogens (tertiary/aromatic N) is 1. The monoisotopic (exact) mass is 418 g/mol. The fourth-order valence-corrected chi connectivity index (χ4v) is 3.05. The molecule has 0 aliphatic carbocycles. The lowest BCUT2D eigenvalue weighted by molar-refractivity contribution is -0.120. The van der Waals surface area contributed by atoms with Crippen molar-refractivity contribution in [3.8, 4) is 0 Å². The van der Waals surface area contributed by atoms with Gasteiger partial charge in [-0.3, -0.25) is 9.59 Å². The van der Waals surface area contributed by atoms with Crippen LogP contribution >= 0.6 is 24.8 Å². The van der Waals surface area contributed by atoms with E-state index in [-0.39, 0.29) is 36.6 Å². The van der Waals surface area contributed by atoms with Crippen molar-refractivity contribution in [1.82, 2.24) is 10.2 Å². The molecule has 0 bridgehead atoms. The van der Waals surface area contributed by atoms with Crippen molar-refractivity contribution in [3.63, 3.8) is 0 Å². The van der Waals surface area contributed by atoms with Crippen molar-refractivity contribution in [3.05, 3.63) is 29.8 Å². The molecular weight excluding hydrogens is 387 g/mol. The average Bonchev–Trinajstić information content (AvgIpc) is 3.08. The summed E-state index contributed by atoms with van der Waals surface area (Å²) in [7, 11) is 0. The SMILES string of the molecule is CCCC(C)(N)C(=O)Nc1ccc(C(=O)NCCN2CCCC2)cc1.Cl.Cl. The summed E-state index contributed by atoms with van der Waals surface area (Å²) in [5.41, 5.74) is 6.37. The Hall–Kier alpha value is -1.34. The molecule has 0 radical (unpaired) electrons. The quantitative estimate of drug-likeness (QED) is 0.605. The summed E-state index contributed by atoms with van der Waals surface area (Å²) in [6, 6.07) is 6.90. The maximum Gasteiger partial charge on any atom is 0.251 e. The van der Waals surface area contributed by atoms with Crippen LogP contribution in [-0.4, -0.2) is 48.4 Å². The van der Waals surface area contributed by atoms with Crippen LogP contribution in [0.25, 0.3) is 0 Å². The van der Waals surface area contributed by atoms with E-state index in [9.17, 15) is 9.59 Å². The Morgan fingerprint density at radius 1 is 1.15 bits per heavy atom. The fraction of sp³-hybridized carbons (Fsp3) is 0.579. The first-order valence-electron chi connectivity index (χ1n) is 9.13.